The van der Waals surface area contributed by atoms with Gasteiger partial charge in [-0.2, -0.15) is 5.10 Å². The van der Waals surface area contributed by atoms with Gasteiger partial charge in [-0.3, -0.25) is 10.1 Å². The zero-order chi connectivity index (χ0) is 20.0. The summed E-state index contributed by atoms with van der Waals surface area (Å²) in [5, 5.41) is 18.5. The number of β-amino-alcohol motifs (C(OH)–C–C–N with tert-alkyl or cyclic N) is 1. The minimum absolute atomic E-state index is 0.173. The fraction of sp³-hybridized carbons (Fsp3) is 0.619. The van der Waals surface area contributed by atoms with Crippen LogP contribution in [-0.2, 0) is 7.05 Å². The Hall–Kier alpha value is -2.00. The number of hydrogen-bond acceptors (Lipinski definition) is 7. The number of piperidine rings is 2. The highest BCUT2D eigenvalue weighted by atomic mass is 16.3. The lowest BCUT2D eigenvalue weighted by atomic mass is 9.82. The minimum atomic E-state index is -0.639. The van der Waals surface area contributed by atoms with Crippen molar-refractivity contribution in [3.63, 3.8) is 0 Å². The third-order valence-electron chi connectivity index (χ3n) is 6.66. The predicted molar refractivity (Wildman–Crippen MR) is 111 cm³/mol. The summed E-state index contributed by atoms with van der Waals surface area (Å²) in [6.45, 7) is 4.42. The number of aryl methyl sites for hydroxylation is 1. The molecule has 0 aromatic carbocycles. The highest BCUT2D eigenvalue weighted by Gasteiger charge is 2.42. The van der Waals surface area contributed by atoms with Crippen molar-refractivity contribution in [1.82, 2.24) is 30.9 Å². The van der Waals surface area contributed by atoms with E-state index in [1.165, 1.54) is 5.56 Å². The van der Waals surface area contributed by atoms with Gasteiger partial charge in [0.05, 0.1) is 23.5 Å². The van der Waals surface area contributed by atoms with Crippen LogP contribution in [0.15, 0.2) is 30.6 Å². The summed E-state index contributed by atoms with van der Waals surface area (Å²) in [6, 6.07) is 7.14. The molecule has 0 bridgehead atoms. The number of nitrogens with one attached hydrogen (secondary N) is 3. The number of aliphatic hydroxyl groups is 1. The molecule has 3 fully saturated rings. The van der Waals surface area contributed by atoms with E-state index in [-0.39, 0.29) is 6.04 Å². The fourth-order valence-electron chi connectivity index (χ4n) is 5.14. The molecule has 0 aliphatic carbocycles. The maximum atomic E-state index is 10.5. The molecular weight excluding hydrogens is 366 g/mol. The first kappa shape index (κ1) is 19.0. The number of anilines is 1. The number of nitrogens with zero attached hydrogens (tertiary/aromatic N) is 4. The van der Waals surface area contributed by atoms with Crippen LogP contribution in [-0.4, -0.2) is 51.1 Å². The second-order valence-electron chi connectivity index (χ2n) is 9.12. The van der Waals surface area contributed by atoms with Crippen LogP contribution in [0.2, 0.25) is 0 Å². The van der Waals surface area contributed by atoms with Crippen LogP contribution in [0.1, 0.15) is 49.5 Å². The molecule has 2 aromatic heterocycles. The second-order valence-corrected chi connectivity index (χ2v) is 9.12. The average Bonchev–Trinajstić information content (AvgIpc) is 3.33. The lowest BCUT2D eigenvalue weighted by Gasteiger charge is -2.38. The summed E-state index contributed by atoms with van der Waals surface area (Å²) in [4.78, 5) is 7.23. The molecule has 3 saturated heterocycles. The first-order valence-electron chi connectivity index (χ1n) is 10.7. The summed E-state index contributed by atoms with van der Waals surface area (Å²) < 4.78 is 1.87. The molecule has 4 N–H and O–H groups in total. The van der Waals surface area contributed by atoms with Crippen molar-refractivity contribution in [1.29, 1.82) is 0 Å². The van der Waals surface area contributed by atoms with E-state index in [1.807, 2.05) is 24.9 Å². The summed E-state index contributed by atoms with van der Waals surface area (Å²) in [7, 11) is 1.96. The predicted octanol–water partition coefficient (Wildman–Crippen LogP) is 1.03. The van der Waals surface area contributed by atoms with Gasteiger partial charge >= 0.3 is 0 Å². The second kappa shape index (κ2) is 7.36. The van der Waals surface area contributed by atoms with Gasteiger partial charge in [0, 0.05) is 56.4 Å². The normalized spacial score (nSPS) is 34.9. The van der Waals surface area contributed by atoms with Gasteiger partial charge in [0.1, 0.15) is 5.82 Å². The summed E-state index contributed by atoms with van der Waals surface area (Å²) >= 11 is 0. The first-order valence-corrected chi connectivity index (χ1v) is 10.7. The van der Waals surface area contributed by atoms with Crippen molar-refractivity contribution >= 4 is 5.82 Å². The molecule has 3 aliphatic heterocycles. The van der Waals surface area contributed by atoms with Crippen LogP contribution in [0, 0.1) is 5.92 Å². The Morgan fingerprint density at radius 1 is 1.28 bits per heavy atom. The average molecular weight is 398 g/mol. The molecule has 3 aliphatic rings. The molecule has 0 amide bonds. The van der Waals surface area contributed by atoms with Gasteiger partial charge in [-0.25, -0.2) is 10.4 Å². The molecule has 156 valence electrons. The topological polar surface area (TPSA) is 90.3 Å². The highest BCUT2D eigenvalue weighted by Crippen LogP contribution is 2.38. The van der Waals surface area contributed by atoms with E-state index in [0.717, 1.165) is 43.9 Å². The monoisotopic (exact) mass is 397 g/mol. The summed E-state index contributed by atoms with van der Waals surface area (Å²) in [5.74, 6) is 1.42. The Morgan fingerprint density at radius 3 is 2.97 bits per heavy atom. The summed E-state index contributed by atoms with van der Waals surface area (Å²) in [5.41, 5.74) is 8.64. The molecule has 8 heteroatoms. The fourth-order valence-corrected chi connectivity index (χ4v) is 5.14. The van der Waals surface area contributed by atoms with Crippen molar-refractivity contribution < 1.29 is 5.11 Å². The van der Waals surface area contributed by atoms with Crippen LogP contribution >= 0.6 is 0 Å². The van der Waals surface area contributed by atoms with E-state index >= 15 is 0 Å². The van der Waals surface area contributed by atoms with Crippen molar-refractivity contribution in [3.8, 4) is 0 Å². The molecule has 0 saturated carbocycles. The van der Waals surface area contributed by atoms with Crippen molar-refractivity contribution in [2.75, 3.05) is 24.5 Å². The number of hydrogen-bond donors (Lipinski definition) is 4. The number of hydrazine groups is 1. The van der Waals surface area contributed by atoms with Crippen LogP contribution in [0.25, 0.3) is 0 Å². The van der Waals surface area contributed by atoms with Crippen LogP contribution in [0.5, 0.6) is 0 Å². The lowest BCUT2D eigenvalue weighted by Crippen LogP contribution is -2.46. The molecule has 8 nitrogen and oxygen atoms in total. The van der Waals surface area contributed by atoms with Gasteiger partial charge < -0.3 is 15.3 Å². The van der Waals surface area contributed by atoms with E-state index in [0.29, 0.717) is 24.5 Å². The largest absolute Gasteiger partial charge is 0.388 e. The molecule has 4 unspecified atom stereocenters. The van der Waals surface area contributed by atoms with E-state index in [9.17, 15) is 5.11 Å². The Balaban J connectivity index is 1.35. The quantitative estimate of drug-likeness (QED) is 0.615. The molecule has 0 spiro atoms. The molecule has 5 atom stereocenters. The van der Waals surface area contributed by atoms with Crippen LogP contribution in [0.4, 0.5) is 5.82 Å². The van der Waals surface area contributed by atoms with Gasteiger partial charge in [-0.05, 0) is 38.3 Å². The Bertz CT molecular complexity index is 866. The van der Waals surface area contributed by atoms with Crippen molar-refractivity contribution in [2.45, 2.75) is 49.9 Å². The van der Waals surface area contributed by atoms with E-state index in [1.54, 1.807) is 0 Å². The SMILES string of the molecule is Cn1cc(C2CC3C(CN2)NNC3c2cccc(N3CCC[C@](C)(O)C3)n2)cn1. The zero-order valence-electron chi connectivity index (χ0n) is 17.2. The van der Waals surface area contributed by atoms with Crippen LogP contribution in [0.3, 0.4) is 0 Å². The number of aromatic nitrogens is 3. The van der Waals surface area contributed by atoms with Gasteiger partial charge in [0.15, 0.2) is 0 Å². The molecule has 0 radical (unpaired) electrons. The lowest BCUT2D eigenvalue weighted by molar-refractivity contribution is 0.0447. The number of pyridine rings is 1. The highest BCUT2D eigenvalue weighted by molar-refractivity contribution is 5.41. The minimum Gasteiger partial charge on any atom is -0.388 e. The molecule has 5 rings (SSSR count). The van der Waals surface area contributed by atoms with Gasteiger partial charge in [-0.1, -0.05) is 6.07 Å². The van der Waals surface area contributed by atoms with Gasteiger partial charge in [0.2, 0.25) is 0 Å². The molecular formula is C21H31N7O. The van der Waals surface area contributed by atoms with E-state index in [2.05, 4.69) is 50.6 Å². The number of fused-ring (bicyclic) bond motifs is 1. The first-order chi connectivity index (χ1) is 14.0. The number of rotatable bonds is 3. The Labute approximate surface area is 171 Å². The smallest absolute Gasteiger partial charge is 0.128 e. The van der Waals surface area contributed by atoms with E-state index in [4.69, 9.17) is 4.98 Å². The van der Waals surface area contributed by atoms with Gasteiger partial charge in [-0.15, -0.1) is 0 Å². The van der Waals surface area contributed by atoms with Crippen molar-refractivity contribution in [3.05, 3.63) is 41.9 Å². The summed E-state index contributed by atoms with van der Waals surface area (Å²) in [6.07, 6.45) is 6.94. The van der Waals surface area contributed by atoms with Crippen molar-refractivity contribution in [2.24, 2.45) is 13.0 Å². The third-order valence-corrected chi connectivity index (χ3v) is 6.66. The van der Waals surface area contributed by atoms with Crippen LogP contribution < -0.4 is 21.1 Å². The zero-order valence-corrected chi connectivity index (χ0v) is 17.2. The maximum absolute atomic E-state index is 10.5. The maximum Gasteiger partial charge on any atom is 0.128 e. The molecule has 2 aromatic rings. The molecule has 5 heterocycles. The Kier molecular flexibility index (Phi) is 4.82. The van der Waals surface area contributed by atoms with E-state index < -0.39 is 5.60 Å². The Morgan fingerprint density at radius 2 is 2.17 bits per heavy atom. The van der Waals surface area contributed by atoms with Gasteiger partial charge in [0.25, 0.3) is 0 Å². The third kappa shape index (κ3) is 3.77. The molecule has 29 heavy (non-hydrogen) atoms. The standard InChI is InChI=1S/C21H31N7O/c1-21(29)7-4-8-28(13-21)19-6-3-5-16(24-19)20-15-9-17(14-10-23-27(2)12-14)22-11-18(15)25-26-20/h3,5-6,10,12,15,17-18,20,22,25-26,29H,4,7-9,11,13H2,1-2H3/t15?,17?,18?,20?,21-/m0/s1.